The fraction of sp³-hybridized carbons (Fsp3) is 0.333. The molecule has 0 aliphatic carbocycles. The molecule has 0 atom stereocenters. The van der Waals surface area contributed by atoms with Crippen molar-refractivity contribution >= 4 is 5.69 Å². The van der Waals surface area contributed by atoms with E-state index in [1.54, 1.807) is 14.2 Å². The van der Waals surface area contributed by atoms with Crippen LogP contribution in [-0.4, -0.2) is 20.3 Å². The normalized spacial score (nSPS) is 10.4. The van der Waals surface area contributed by atoms with E-state index in [1.807, 2.05) is 42.5 Å². The Labute approximate surface area is 132 Å². The van der Waals surface area contributed by atoms with Crippen molar-refractivity contribution in [3.05, 3.63) is 48.0 Å². The molecule has 0 unspecified atom stereocenters. The number of hydrogen-bond acceptors (Lipinski definition) is 4. The van der Waals surface area contributed by atoms with Crippen molar-refractivity contribution in [1.82, 2.24) is 0 Å². The van der Waals surface area contributed by atoms with Crippen LogP contribution in [0.15, 0.2) is 42.5 Å². The summed E-state index contributed by atoms with van der Waals surface area (Å²) in [5.74, 6) is 1.92. The average Bonchev–Trinajstić information content (AvgIpc) is 2.53. The van der Waals surface area contributed by atoms with Gasteiger partial charge in [-0.3, -0.25) is 0 Å². The summed E-state index contributed by atoms with van der Waals surface area (Å²) in [7, 11) is 3.26. The maximum Gasteiger partial charge on any atom is 0.204 e. The summed E-state index contributed by atoms with van der Waals surface area (Å²) in [5, 5.41) is 3.34. The molecule has 22 heavy (non-hydrogen) atoms. The highest BCUT2D eigenvalue weighted by Crippen LogP contribution is 2.40. The lowest BCUT2D eigenvalue weighted by Crippen LogP contribution is -2.10. The molecular formula is C18H23NO3. The smallest absolute Gasteiger partial charge is 0.204 e. The maximum absolute atomic E-state index is 5.92. The predicted octanol–water partition coefficient (Wildman–Crippen LogP) is 4.10. The molecule has 0 amide bonds. The fourth-order valence-corrected chi connectivity index (χ4v) is 2.17. The zero-order chi connectivity index (χ0) is 15.9. The van der Waals surface area contributed by atoms with E-state index >= 15 is 0 Å². The largest absolute Gasteiger partial charge is 0.493 e. The molecule has 0 radical (unpaired) electrons. The topological polar surface area (TPSA) is 39.7 Å². The number of ether oxygens (including phenoxy) is 3. The van der Waals surface area contributed by atoms with Gasteiger partial charge in [-0.05, 0) is 19.4 Å². The van der Waals surface area contributed by atoms with Crippen molar-refractivity contribution in [2.24, 2.45) is 0 Å². The van der Waals surface area contributed by atoms with Crippen LogP contribution in [0.5, 0.6) is 17.2 Å². The first-order valence-corrected chi connectivity index (χ1v) is 7.33. The van der Waals surface area contributed by atoms with Crippen LogP contribution in [-0.2, 0) is 6.61 Å². The highest BCUT2D eigenvalue weighted by atomic mass is 16.5. The monoisotopic (exact) mass is 301 g/mol. The minimum absolute atomic E-state index is 0.325. The van der Waals surface area contributed by atoms with Crippen molar-refractivity contribution in [2.45, 2.75) is 26.5 Å². The Bertz CT molecular complexity index is 572. The first kappa shape index (κ1) is 16.0. The van der Waals surface area contributed by atoms with Gasteiger partial charge in [-0.2, -0.15) is 0 Å². The molecule has 0 fully saturated rings. The lowest BCUT2D eigenvalue weighted by atomic mass is 10.2. The van der Waals surface area contributed by atoms with Crippen LogP contribution in [0.4, 0.5) is 5.69 Å². The second-order valence-corrected chi connectivity index (χ2v) is 5.28. The molecule has 2 rings (SSSR count). The van der Waals surface area contributed by atoms with E-state index in [0.29, 0.717) is 29.9 Å². The third-order valence-corrected chi connectivity index (χ3v) is 3.14. The molecule has 2 aromatic rings. The lowest BCUT2D eigenvalue weighted by Gasteiger charge is -2.18. The molecule has 118 valence electrons. The van der Waals surface area contributed by atoms with Crippen LogP contribution in [0, 0.1) is 0 Å². The maximum atomic E-state index is 5.92. The Morgan fingerprint density at radius 1 is 0.955 bits per heavy atom. The van der Waals surface area contributed by atoms with Crippen molar-refractivity contribution in [3.63, 3.8) is 0 Å². The Hall–Kier alpha value is -2.36. The molecule has 0 bridgehead atoms. The second-order valence-electron chi connectivity index (χ2n) is 5.28. The molecule has 0 aromatic heterocycles. The Morgan fingerprint density at radius 2 is 1.55 bits per heavy atom. The summed E-state index contributed by atoms with van der Waals surface area (Å²) in [6.07, 6.45) is 0. The molecule has 4 heteroatoms. The highest BCUT2D eigenvalue weighted by molar-refractivity contribution is 5.62. The summed E-state index contributed by atoms with van der Waals surface area (Å²) < 4.78 is 16.8. The number of nitrogens with one attached hydrogen (secondary N) is 1. The molecule has 0 spiro atoms. The number of benzene rings is 2. The fourth-order valence-electron chi connectivity index (χ4n) is 2.17. The molecule has 0 saturated carbocycles. The number of anilines is 1. The van der Waals surface area contributed by atoms with E-state index in [-0.39, 0.29) is 0 Å². The van der Waals surface area contributed by atoms with Gasteiger partial charge in [0.2, 0.25) is 5.75 Å². The van der Waals surface area contributed by atoms with Gasteiger partial charge in [0.25, 0.3) is 0 Å². The van der Waals surface area contributed by atoms with E-state index in [2.05, 4.69) is 19.2 Å². The van der Waals surface area contributed by atoms with Crippen molar-refractivity contribution in [2.75, 3.05) is 19.5 Å². The highest BCUT2D eigenvalue weighted by Gasteiger charge is 2.15. The van der Waals surface area contributed by atoms with Gasteiger partial charge in [-0.1, -0.05) is 30.3 Å². The summed E-state index contributed by atoms with van der Waals surface area (Å²) in [6.45, 7) is 4.63. The van der Waals surface area contributed by atoms with Crippen molar-refractivity contribution in [3.8, 4) is 17.2 Å². The van der Waals surface area contributed by atoms with Gasteiger partial charge in [-0.25, -0.2) is 0 Å². The summed E-state index contributed by atoms with van der Waals surface area (Å²) in [5.41, 5.74) is 2.03. The van der Waals surface area contributed by atoms with Crippen LogP contribution >= 0.6 is 0 Å². The van der Waals surface area contributed by atoms with Gasteiger partial charge < -0.3 is 19.5 Å². The Morgan fingerprint density at radius 3 is 2.05 bits per heavy atom. The summed E-state index contributed by atoms with van der Waals surface area (Å²) in [4.78, 5) is 0. The second kappa shape index (κ2) is 7.59. The van der Waals surface area contributed by atoms with Crippen molar-refractivity contribution in [1.29, 1.82) is 0 Å². The number of rotatable bonds is 7. The van der Waals surface area contributed by atoms with E-state index in [0.717, 1.165) is 11.3 Å². The average molecular weight is 301 g/mol. The van der Waals surface area contributed by atoms with Crippen LogP contribution in [0.2, 0.25) is 0 Å². The van der Waals surface area contributed by atoms with Crippen LogP contribution < -0.4 is 19.5 Å². The molecule has 0 aliphatic rings. The molecule has 0 aliphatic heterocycles. The summed E-state index contributed by atoms with van der Waals surface area (Å²) >= 11 is 0. The van der Waals surface area contributed by atoms with Gasteiger partial charge in [0.05, 0.1) is 14.2 Å². The predicted molar refractivity (Wildman–Crippen MR) is 89.1 cm³/mol. The molecule has 2 aromatic carbocycles. The minimum Gasteiger partial charge on any atom is -0.493 e. The third kappa shape index (κ3) is 4.07. The zero-order valence-electron chi connectivity index (χ0n) is 13.6. The van der Waals surface area contributed by atoms with Gasteiger partial charge in [0.15, 0.2) is 11.5 Å². The third-order valence-electron chi connectivity index (χ3n) is 3.14. The van der Waals surface area contributed by atoms with E-state index in [4.69, 9.17) is 14.2 Å². The van der Waals surface area contributed by atoms with Crippen LogP contribution in [0.3, 0.4) is 0 Å². The number of hydrogen-bond donors (Lipinski definition) is 1. The zero-order valence-corrected chi connectivity index (χ0v) is 13.6. The van der Waals surface area contributed by atoms with Gasteiger partial charge >= 0.3 is 0 Å². The quantitative estimate of drug-likeness (QED) is 0.835. The molecular weight excluding hydrogens is 278 g/mol. The van der Waals surface area contributed by atoms with E-state index in [9.17, 15) is 0 Å². The number of methoxy groups -OCH3 is 2. The Kier molecular flexibility index (Phi) is 5.53. The van der Waals surface area contributed by atoms with Gasteiger partial charge in [0.1, 0.15) is 6.61 Å². The first-order chi connectivity index (χ1) is 10.6. The SMILES string of the molecule is COc1cc(NC(C)C)cc(OC)c1OCc1ccccc1. The molecule has 1 N–H and O–H groups in total. The van der Waals surface area contributed by atoms with Crippen LogP contribution in [0.1, 0.15) is 19.4 Å². The lowest BCUT2D eigenvalue weighted by molar-refractivity contribution is 0.266. The molecule has 0 saturated heterocycles. The van der Waals surface area contributed by atoms with Gasteiger partial charge in [-0.15, -0.1) is 0 Å². The van der Waals surface area contributed by atoms with Crippen molar-refractivity contribution < 1.29 is 14.2 Å². The first-order valence-electron chi connectivity index (χ1n) is 7.33. The van der Waals surface area contributed by atoms with E-state index < -0.39 is 0 Å². The minimum atomic E-state index is 0.325. The molecule has 4 nitrogen and oxygen atoms in total. The standard InChI is InChI=1S/C18H23NO3/c1-13(2)19-15-10-16(20-3)18(17(11-15)21-4)22-12-14-8-6-5-7-9-14/h5-11,13,19H,12H2,1-4H3. The van der Waals surface area contributed by atoms with Gasteiger partial charge in [0, 0.05) is 23.9 Å². The van der Waals surface area contributed by atoms with Crippen LogP contribution in [0.25, 0.3) is 0 Å². The Balaban J connectivity index is 2.25. The van der Waals surface area contributed by atoms with E-state index in [1.165, 1.54) is 0 Å². The summed E-state index contributed by atoms with van der Waals surface area (Å²) in [6, 6.07) is 14.2. The molecule has 0 heterocycles.